The van der Waals surface area contributed by atoms with Crippen molar-refractivity contribution < 1.29 is 14.4 Å². The van der Waals surface area contributed by atoms with Crippen LogP contribution in [0.4, 0.5) is 5.69 Å². The highest BCUT2D eigenvalue weighted by Crippen LogP contribution is 2.29. The zero-order valence-electron chi connectivity index (χ0n) is 16.6. The van der Waals surface area contributed by atoms with Crippen LogP contribution in [0.1, 0.15) is 35.7 Å². The van der Waals surface area contributed by atoms with E-state index in [1.54, 1.807) is 48.2 Å². The summed E-state index contributed by atoms with van der Waals surface area (Å²) in [4.78, 5) is 43.2. The van der Waals surface area contributed by atoms with Crippen LogP contribution in [0, 0.1) is 0 Å². The van der Waals surface area contributed by atoms with E-state index in [2.05, 4.69) is 10.4 Å². The van der Waals surface area contributed by atoms with E-state index in [0.29, 0.717) is 17.8 Å². The van der Waals surface area contributed by atoms with Gasteiger partial charge in [-0.25, -0.2) is 10.0 Å². The zero-order chi connectivity index (χ0) is 21.3. The second-order valence-corrected chi connectivity index (χ2v) is 7.50. The molecule has 3 N–H and O–H groups in total. The second-order valence-electron chi connectivity index (χ2n) is 7.50. The lowest BCUT2D eigenvalue weighted by molar-refractivity contribution is -0.125. The second kappa shape index (κ2) is 7.98. The number of aliphatic imine (C=N–C) groups is 1. The molecule has 30 heavy (non-hydrogen) atoms. The summed E-state index contributed by atoms with van der Waals surface area (Å²) in [7, 11) is 0. The van der Waals surface area contributed by atoms with Crippen molar-refractivity contribution in [2.75, 3.05) is 5.01 Å². The SMILES string of the molecule is C[C@H]1N=C(C(=O)N(Cc2ccc(C(N)=O)cc2)C2CC2)NN(c2ccccc2)C1=O. The van der Waals surface area contributed by atoms with Crippen molar-refractivity contribution in [1.82, 2.24) is 10.3 Å². The molecule has 1 fully saturated rings. The molecule has 2 aromatic rings. The normalized spacial score (nSPS) is 18.4. The molecule has 8 nitrogen and oxygen atoms in total. The molecule has 3 amide bonds. The molecule has 0 saturated heterocycles. The molecule has 2 aromatic carbocycles. The number of carbonyl (C=O) groups is 3. The minimum Gasteiger partial charge on any atom is -0.366 e. The van der Waals surface area contributed by atoms with Crippen LogP contribution in [0.2, 0.25) is 0 Å². The van der Waals surface area contributed by atoms with Gasteiger partial charge in [0.1, 0.15) is 6.04 Å². The van der Waals surface area contributed by atoms with Crippen LogP contribution in [-0.4, -0.2) is 40.5 Å². The van der Waals surface area contributed by atoms with Crippen molar-refractivity contribution >= 4 is 29.2 Å². The molecule has 1 aliphatic heterocycles. The van der Waals surface area contributed by atoms with Gasteiger partial charge in [-0.2, -0.15) is 0 Å². The Morgan fingerprint density at radius 3 is 2.40 bits per heavy atom. The molecular weight excluding hydrogens is 382 g/mol. The Morgan fingerprint density at radius 2 is 1.80 bits per heavy atom. The fourth-order valence-electron chi connectivity index (χ4n) is 3.36. The average Bonchev–Trinajstić information content (AvgIpc) is 3.59. The van der Waals surface area contributed by atoms with Crippen LogP contribution in [0.15, 0.2) is 59.6 Å². The van der Waals surface area contributed by atoms with E-state index >= 15 is 0 Å². The number of hydrogen-bond donors (Lipinski definition) is 2. The van der Waals surface area contributed by atoms with Gasteiger partial charge >= 0.3 is 0 Å². The molecule has 4 rings (SSSR count). The van der Waals surface area contributed by atoms with E-state index < -0.39 is 11.9 Å². The minimum atomic E-state index is -0.665. The van der Waals surface area contributed by atoms with Crippen molar-refractivity contribution in [3.63, 3.8) is 0 Å². The summed E-state index contributed by atoms with van der Waals surface area (Å²) in [5.41, 5.74) is 10.2. The Balaban J connectivity index is 1.55. The largest absolute Gasteiger partial charge is 0.366 e. The summed E-state index contributed by atoms with van der Waals surface area (Å²) in [6, 6.07) is 15.5. The number of rotatable bonds is 6. The predicted molar refractivity (Wildman–Crippen MR) is 112 cm³/mol. The number of nitrogens with zero attached hydrogens (tertiary/aromatic N) is 3. The van der Waals surface area contributed by atoms with Crippen LogP contribution in [0.5, 0.6) is 0 Å². The maximum absolute atomic E-state index is 13.3. The van der Waals surface area contributed by atoms with Crippen molar-refractivity contribution in [2.45, 2.75) is 38.4 Å². The van der Waals surface area contributed by atoms with Crippen LogP contribution in [0.3, 0.4) is 0 Å². The zero-order valence-corrected chi connectivity index (χ0v) is 16.6. The lowest BCUT2D eigenvalue weighted by Crippen LogP contribution is -2.58. The number of benzene rings is 2. The number of para-hydroxylation sites is 1. The molecule has 0 bridgehead atoms. The van der Waals surface area contributed by atoms with Crippen molar-refractivity contribution in [3.8, 4) is 0 Å². The van der Waals surface area contributed by atoms with E-state index in [1.165, 1.54) is 5.01 Å². The van der Waals surface area contributed by atoms with E-state index in [9.17, 15) is 14.4 Å². The number of hydrazine groups is 1. The molecular formula is C22H23N5O3. The van der Waals surface area contributed by atoms with Gasteiger partial charge in [0, 0.05) is 18.2 Å². The molecule has 8 heteroatoms. The van der Waals surface area contributed by atoms with Gasteiger partial charge in [0.25, 0.3) is 11.8 Å². The third-order valence-corrected chi connectivity index (χ3v) is 5.18. The van der Waals surface area contributed by atoms with E-state index in [4.69, 9.17) is 5.73 Å². The first-order chi connectivity index (χ1) is 14.4. The molecule has 1 aliphatic carbocycles. The molecule has 0 unspecified atom stereocenters. The number of anilines is 1. The molecule has 0 radical (unpaired) electrons. The predicted octanol–water partition coefficient (Wildman–Crippen LogP) is 1.61. The summed E-state index contributed by atoms with van der Waals surface area (Å²) in [5.74, 6) is -0.821. The Morgan fingerprint density at radius 1 is 1.13 bits per heavy atom. The number of nitrogens with two attached hydrogens (primary N) is 1. The summed E-state index contributed by atoms with van der Waals surface area (Å²) in [6.45, 7) is 2.06. The van der Waals surface area contributed by atoms with Crippen molar-refractivity contribution in [1.29, 1.82) is 0 Å². The third kappa shape index (κ3) is 4.03. The van der Waals surface area contributed by atoms with Crippen LogP contribution in [0.25, 0.3) is 0 Å². The fraction of sp³-hybridized carbons (Fsp3) is 0.273. The lowest BCUT2D eigenvalue weighted by Gasteiger charge is -2.32. The highest BCUT2D eigenvalue weighted by atomic mass is 16.2. The van der Waals surface area contributed by atoms with E-state index in [0.717, 1.165) is 18.4 Å². The summed E-state index contributed by atoms with van der Waals surface area (Å²) >= 11 is 0. The number of carbonyl (C=O) groups excluding carboxylic acids is 3. The first-order valence-corrected chi connectivity index (χ1v) is 9.87. The van der Waals surface area contributed by atoms with Gasteiger partial charge < -0.3 is 10.6 Å². The van der Waals surface area contributed by atoms with Crippen molar-refractivity contribution in [2.24, 2.45) is 10.7 Å². The topological polar surface area (TPSA) is 108 Å². The lowest BCUT2D eigenvalue weighted by atomic mass is 10.1. The van der Waals surface area contributed by atoms with Gasteiger partial charge in [-0.1, -0.05) is 30.3 Å². The monoisotopic (exact) mass is 405 g/mol. The third-order valence-electron chi connectivity index (χ3n) is 5.18. The quantitative estimate of drug-likeness (QED) is 0.761. The fourth-order valence-corrected chi connectivity index (χ4v) is 3.36. The molecule has 0 aromatic heterocycles. The number of primary amides is 1. The molecule has 2 aliphatic rings. The Hall–Kier alpha value is -3.68. The molecule has 1 heterocycles. The molecule has 1 saturated carbocycles. The van der Waals surface area contributed by atoms with Gasteiger partial charge in [-0.3, -0.25) is 19.8 Å². The van der Waals surface area contributed by atoms with Gasteiger partial charge in [0.15, 0.2) is 0 Å². The number of amides is 3. The number of hydrogen-bond acceptors (Lipinski definition) is 5. The van der Waals surface area contributed by atoms with Gasteiger partial charge in [0.05, 0.1) is 5.69 Å². The first-order valence-electron chi connectivity index (χ1n) is 9.87. The van der Waals surface area contributed by atoms with Crippen LogP contribution < -0.4 is 16.2 Å². The Bertz CT molecular complexity index is 999. The highest BCUT2D eigenvalue weighted by molar-refractivity contribution is 6.39. The Kier molecular flexibility index (Phi) is 5.22. The number of nitrogens with one attached hydrogen (secondary N) is 1. The summed E-state index contributed by atoms with van der Waals surface area (Å²) in [6.07, 6.45) is 1.85. The minimum absolute atomic E-state index is 0.135. The standard InChI is InChI=1S/C22H23N5O3/c1-14-21(29)27(18-5-3-2-4-6-18)25-20(24-14)22(30)26(17-11-12-17)13-15-7-9-16(10-8-15)19(23)28/h2-10,14,17H,11-13H2,1H3,(H2,23,28)(H,24,25)/t14-/m1/s1. The average molecular weight is 405 g/mol. The first kappa shape index (κ1) is 19.6. The maximum Gasteiger partial charge on any atom is 0.291 e. The van der Waals surface area contributed by atoms with Gasteiger partial charge in [-0.05, 0) is 49.6 Å². The van der Waals surface area contributed by atoms with Crippen LogP contribution in [-0.2, 0) is 16.1 Å². The van der Waals surface area contributed by atoms with Gasteiger partial charge in [0.2, 0.25) is 11.7 Å². The van der Waals surface area contributed by atoms with Crippen molar-refractivity contribution in [3.05, 3.63) is 65.7 Å². The summed E-state index contributed by atoms with van der Waals surface area (Å²) in [5, 5.41) is 1.37. The van der Waals surface area contributed by atoms with Crippen LogP contribution >= 0.6 is 0 Å². The molecule has 0 spiro atoms. The van der Waals surface area contributed by atoms with E-state index in [1.807, 2.05) is 18.2 Å². The number of amidine groups is 1. The smallest absolute Gasteiger partial charge is 0.291 e. The summed E-state index contributed by atoms with van der Waals surface area (Å²) < 4.78 is 0. The highest BCUT2D eigenvalue weighted by Gasteiger charge is 2.38. The maximum atomic E-state index is 13.3. The Labute approximate surface area is 174 Å². The molecule has 1 atom stereocenters. The molecule has 154 valence electrons. The van der Waals surface area contributed by atoms with Gasteiger partial charge in [-0.15, -0.1) is 0 Å². The van der Waals surface area contributed by atoms with E-state index in [-0.39, 0.29) is 23.7 Å².